The van der Waals surface area contributed by atoms with Crippen LogP contribution in [0.1, 0.15) is 0 Å². The molecule has 0 fully saturated rings. The van der Waals surface area contributed by atoms with Gasteiger partial charge in [0.15, 0.2) is 0 Å². The first-order valence-corrected chi connectivity index (χ1v) is 8.14. The number of nitrogen functional groups attached to an aromatic ring is 1. The number of hydrogen-bond donors (Lipinski definition) is 2. The van der Waals surface area contributed by atoms with Crippen molar-refractivity contribution in [3.05, 3.63) is 42.7 Å². The van der Waals surface area contributed by atoms with E-state index in [1.165, 1.54) is 0 Å². The summed E-state index contributed by atoms with van der Waals surface area (Å²) in [6, 6.07) is 8.75. The zero-order valence-corrected chi connectivity index (χ0v) is 12.3. The summed E-state index contributed by atoms with van der Waals surface area (Å²) in [6.45, 7) is 0.821. The smallest absolute Gasteiger partial charge is 0.215 e. The predicted octanol–water partition coefficient (Wildman–Crippen LogP) is 0.464. The number of benzene rings is 1. The average molecular weight is 310 g/mol. The highest BCUT2D eigenvalue weighted by Gasteiger charge is 2.10. The number of aromatic nitrogens is 2. The Hall–Kier alpha value is -2.06. The second-order valence-corrected chi connectivity index (χ2v) is 6.30. The molecule has 0 saturated carbocycles. The van der Waals surface area contributed by atoms with E-state index in [1.54, 1.807) is 47.4 Å². The van der Waals surface area contributed by atoms with Gasteiger partial charge in [0.05, 0.1) is 18.0 Å². The molecule has 0 aliphatic heterocycles. The van der Waals surface area contributed by atoms with E-state index in [-0.39, 0.29) is 18.9 Å². The van der Waals surface area contributed by atoms with Gasteiger partial charge in [-0.3, -0.25) is 4.68 Å². The number of rotatable bonds is 8. The number of sulfonamides is 1. The first kappa shape index (κ1) is 15.3. The maximum atomic E-state index is 11.8. The van der Waals surface area contributed by atoms with Gasteiger partial charge in [-0.05, 0) is 18.2 Å². The van der Waals surface area contributed by atoms with Crippen LogP contribution in [0.2, 0.25) is 0 Å². The van der Waals surface area contributed by atoms with Crippen LogP contribution in [0.4, 0.5) is 5.69 Å². The SMILES string of the molecule is Nc1ccccc1OCCS(=O)(=O)NCCn1cccn1. The summed E-state index contributed by atoms with van der Waals surface area (Å²) in [7, 11) is -3.37. The zero-order valence-electron chi connectivity index (χ0n) is 11.5. The molecule has 0 unspecified atom stereocenters. The van der Waals surface area contributed by atoms with E-state index in [4.69, 9.17) is 10.5 Å². The molecule has 21 heavy (non-hydrogen) atoms. The normalized spacial score (nSPS) is 11.4. The van der Waals surface area contributed by atoms with Crippen molar-refractivity contribution in [3.8, 4) is 5.75 Å². The van der Waals surface area contributed by atoms with Gasteiger partial charge >= 0.3 is 0 Å². The Kier molecular flexibility index (Phi) is 5.18. The van der Waals surface area contributed by atoms with Gasteiger partial charge in [0, 0.05) is 18.9 Å². The van der Waals surface area contributed by atoms with Crippen molar-refractivity contribution in [2.45, 2.75) is 6.54 Å². The summed E-state index contributed by atoms with van der Waals surface area (Å²) in [6.07, 6.45) is 3.42. The molecular formula is C13H18N4O3S. The van der Waals surface area contributed by atoms with Crippen LogP contribution < -0.4 is 15.2 Å². The molecule has 0 spiro atoms. The predicted molar refractivity (Wildman–Crippen MR) is 80.4 cm³/mol. The van der Waals surface area contributed by atoms with Crippen molar-refractivity contribution < 1.29 is 13.2 Å². The van der Waals surface area contributed by atoms with Crippen LogP contribution in [-0.2, 0) is 16.6 Å². The molecule has 114 valence electrons. The minimum Gasteiger partial charge on any atom is -0.490 e. The van der Waals surface area contributed by atoms with Crippen LogP contribution >= 0.6 is 0 Å². The molecule has 2 rings (SSSR count). The minimum atomic E-state index is -3.37. The zero-order chi connectivity index (χ0) is 15.1. The molecule has 1 aromatic heterocycles. The highest BCUT2D eigenvalue weighted by Crippen LogP contribution is 2.19. The van der Waals surface area contributed by atoms with Gasteiger partial charge in [0.2, 0.25) is 10.0 Å². The van der Waals surface area contributed by atoms with Crippen molar-refractivity contribution in [2.75, 3.05) is 24.6 Å². The Balaban J connectivity index is 1.72. The third kappa shape index (κ3) is 5.09. The summed E-state index contributed by atoms with van der Waals surface area (Å²) >= 11 is 0. The van der Waals surface area contributed by atoms with Crippen LogP contribution in [0.15, 0.2) is 42.7 Å². The second kappa shape index (κ2) is 7.09. The Morgan fingerprint density at radius 3 is 2.81 bits per heavy atom. The lowest BCUT2D eigenvalue weighted by molar-refractivity contribution is 0.342. The van der Waals surface area contributed by atoms with Crippen LogP contribution in [0.25, 0.3) is 0 Å². The maximum absolute atomic E-state index is 11.8. The van der Waals surface area contributed by atoms with Crippen molar-refractivity contribution in [1.82, 2.24) is 14.5 Å². The lowest BCUT2D eigenvalue weighted by Gasteiger charge is -2.10. The van der Waals surface area contributed by atoms with Crippen LogP contribution in [0.3, 0.4) is 0 Å². The summed E-state index contributed by atoms with van der Waals surface area (Å²) in [5, 5.41) is 3.99. The topological polar surface area (TPSA) is 99.2 Å². The van der Waals surface area contributed by atoms with Gasteiger partial charge in [0.1, 0.15) is 12.4 Å². The number of nitrogens with one attached hydrogen (secondary N) is 1. The van der Waals surface area contributed by atoms with E-state index in [2.05, 4.69) is 9.82 Å². The number of nitrogens with two attached hydrogens (primary N) is 1. The molecule has 2 aromatic rings. The molecule has 3 N–H and O–H groups in total. The minimum absolute atomic E-state index is 0.0469. The summed E-state index contributed by atoms with van der Waals surface area (Å²) < 4.78 is 33.1. The number of nitrogens with zero attached hydrogens (tertiary/aromatic N) is 2. The van der Waals surface area contributed by atoms with Crippen molar-refractivity contribution in [2.24, 2.45) is 0 Å². The Morgan fingerprint density at radius 1 is 1.29 bits per heavy atom. The number of para-hydroxylation sites is 2. The Bertz CT molecular complexity index is 656. The first-order chi connectivity index (χ1) is 10.1. The van der Waals surface area contributed by atoms with Crippen LogP contribution in [0, 0.1) is 0 Å². The third-order valence-electron chi connectivity index (χ3n) is 2.75. The molecule has 0 aliphatic carbocycles. The van der Waals surface area contributed by atoms with E-state index in [0.717, 1.165) is 0 Å². The molecule has 0 radical (unpaired) electrons. The third-order valence-corrected chi connectivity index (χ3v) is 4.10. The van der Waals surface area contributed by atoms with E-state index < -0.39 is 10.0 Å². The lowest BCUT2D eigenvalue weighted by Crippen LogP contribution is -2.31. The molecule has 1 aromatic carbocycles. The fraction of sp³-hybridized carbons (Fsp3) is 0.308. The molecule has 0 bridgehead atoms. The van der Waals surface area contributed by atoms with Crippen molar-refractivity contribution in [1.29, 1.82) is 0 Å². The maximum Gasteiger partial charge on any atom is 0.215 e. The van der Waals surface area contributed by atoms with Gasteiger partial charge in [-0.2, -0.15) is 5.10 Å². The Labute approximate surface area is 123 Å². The largest absolute Gasteiger partial charge is 0.490 e. The molecule has 0 aliphatic rings. The molecule has 7 nitrogen and oxygen atoms in total. The number of ether oxygens (including phenoxy) is 1. The van der Waals surface area contributed by atoms with E-state index in [1.807, 2.05) is 0 Å². The van der Waals surface area contributed by atoms with E-state index in [0.29, 0.717) is 18.0 Å². The van der Waals surface area contributed by atoms with E-state index >= 15 is 0 Å². The van der Waals surface area contributed by atoms with Crippen molar-refractivity contribution in [3.63, 3.8) is 0 Å². The summed E-state index contributed by atoms with van der Waals surface area (Å²) in [4.78, 5) is 0. The fourth-order valence-electron chi connectivity index (χ4n) is 1.69. The van der Waals surface area contributed by atoms with Crippen LogP contribution in [0.5, 0.6) is 5.75 Å². The monoisotopic (exact) mass is 310 g/mol. The van der Waals surface area contributed by atoms with Gasteiger partial charge in [-0.15, -0.1) is 0 Å². The molecule has 8 heteroatoms. The summed E-state index contributed by atoms with van der Waals surface area (Å²) in [5.74, 6) is 0.365. The number of hydrogen-bond acceptors (Lipinski definition) is 5. The van der Waals surface area contributed by atoms with Gasteiger partial charge < -0.3 is 10.5 Å². The standard InChI is InChI=1S/C13H18N4O3S/c14-12-4-1-2-5-13(12)20-10-11-21(18,19)16-7-9-17-8-3-6-15-17/h1-6,8,16H,7,9-11,14H2. The van der Waals surface area contributed by atoms with Gasteiger partial charge in [-0.25, -0.2) is 13.1 Å². The van der Waals surface area contributed by atoms with Gasteiger partial charge in [-0.1, -0.05) is 12.1 Å². The molecule has 0 saturated heterocycles. The Morgan fingerprint density at radius 2 is 2.10 bits per heavy atom. The quantitative estimate of drug-likeness (QED) is 0.690. The molecule has 1 heterocycles. The van der Waals surface area contributed by atoms with Gasteiger partial charge in [0.25, 0.3) is 0 Å². The molecule has 0 atom stereocenters. The summed E-state index contributed by atoms with van der Waals surface area (Å²) in [5.41, 5.74) is 6.19. The average Bonchev–Trinajstić information content (AvgIpc) is 2.94. The van der Waals surface area contributed by atoms with E-state index in [9.17, 15) is 8.42 Å². The first-order valence-electron chi connectivity index (χ1n) is 6.49. The van der Waals surface area contributed by atoms with Crippen molar-refractivity contribution >= 4 is 15.7 Å². The lowest BCUT2D eigenvalue weighted by atomic mass is 10.3. The highest BCUT2D eigenvalue weighted by atomic mass is 32.2. The molecular weight excluding hydrogens is 292 g/mol. The van der Waals surface area contributed by atoms with Crippen LogP contribution in [-0.4, -0.2) is 37.1 Å². The molecule has 0 amide bonds. The second-order valence-electron chi connectivity index (χ2n) is 4.37. The fourth-order valence-corrected chi connectivity index (χ4v) is 2.54. The number of anilines is 1. The highest BCUT2D eigenvalue weighted by molar-refractivity contribution is 7.89.